The summed E-state index contributed by atoms with van der Waals surface area (Å²) in [6, 6.07) is 15.9. The van der Waals surface area contributed by atoms with Crippen molar-refractivity contribution < 1.29 is 26.4 Å². The van der Waals surface area contributed by atoms with Crippen molar-refractivity contribution in [3.8, 4) is 0 Å². The summed E-state index contributed by atoms with van der Waals surface area (Å²) in [4.78, 5) is 12.5. The lowest BCUT2D eigenvalue weighted by atomic mass is 10.2. The molecular formula is C24H24N4O6S4. The molecule has 38 heavy (non-hydrogen) atoms. The minimum absolute atomic E-state index is 0.0330. The summed E-state index contributed by atoms with van der Waals surface area (Å²) in [7, 11) is -7.37. The maximum atomic E-state index is 12.7. The number of anilines is 2. The predicted octanol–water partition coefficient (Wildman–Crippen LogP) is 3.10. The zero-order chi connectivity index (χ0) is 27.2. The van der Waals surface area contributed by atoms with E-state index in [-0.39, 0.29) is 19.9 Å². The van der Waals surface area contributed by atoms with Gasteiger partial charge in [-0.05, 0) is 59.6 Å². The Bertz CT molecular complexity index is 1530. The number of amides is 1. The summed E-state index contributed by atoms with van der Waals surface area (Å²) in [5.74, 6) is -0.524. The third kappa shape index (κ3) is 7.03. The zero-order valence-electron chi connectivity index (χ0n) is 19.9. The van der Waals surface area contributed by atoms with Crippen LogP contribution in [-0.2, 0) is 29.6 Å². The van der Waals surface area contributed by atoms with Crippen LogP contribution in [0.1, 0.15) is 5.56 Å². The van der Waals surface area contributed by atoms with Gasteiger partial charge < -0.3 is 10.1 Å². The van der Waals surface area contributed by atoms with Gasteiger partial charge in [-0.25, -0.2) is 16.8 Å². The fourth-order valence-electron chi connectivity index (χ4n) is 3.46. The van der Waals surface area contributed by atoms with E-state index < -0.39 is 26.0 Å². The summed E-state index contributed by atoms with van der Waals surface area (Å²) in [6.07, 6.45) is 2.77. The first kappa shape index (κ1) is 27.9. The molecule has 10 nitrogen and oxygen atoms in total. The number of thiocarbonyl (C=S) groups is 1. The van der Waals surface area contributed by atoms with Crippen LogP contribution in [0.3, 0.4) is 0 Å². The van der Waals surface area contributed by atoms with E-state index in [0.29, 0.717) is 37.6 Å². The standard InChI is InChI=1S/C24H24N4O6S4/c29-22(12-9-18-7-10-19(11-8-18)38(32,33)28-13-15-34-16-14-28)26-24(35)25-20-4-1-2-5-21(20)27-37(30,31)23-6-3-17-36-23/h1-12,17,27H,13-16H2,(H2,25,26,29,35)/b12-9+. The lowest BCUT2D eigenvalue weighted by molar-refractivity contribution is -0.115. The molecule has 0 unspecified atom stereocenters. The van der Waals surface area contributed by atoms with Gasteiger partial charge in [-0.1, -0.05) is 30.3 Å². The molecule has 0 bridgehead atoms. The summed E-state index contributed by atoms with van der Waals surface area (Å²) < 4.78 is 59.9. The van der Waals surface area contributed by atoms with Gasteiger partial charge in [-0.3, -0.25) is 14.8 Å². The van der Waals surface area contributed by atoms with Gasteiger partial charge in [-0.15, -0.1) is 11.3 Å². The third-order valence-electron chi connectivity index (χ3n) is 5.33. The number of nitrogens with one attached hydrogen (secondary N) is 3. The molecule has 1 aliphatic rings. The van der Waals surface area contributed by atoms with Crippen LogP contribution in [-0.4, -0.2) is 58.5 Å². The molecule has 0 spiro atoms. The van der Waals surface area contributed by atoms with Crippen molar-refractivity contribution in [2.75, 3.05) is 36.3 Å². The molecule has 4 rings (SSSR count). The molecule has 14 heteroatoms. The highest BCUT2D eigenvalue weighted by Gasteiger charge is 2.26. The number of para-hydroxylation sites is 2. The maximum Gasteiger partial charge on any atom is 0.271 e. The first-order valence-electron chi connectivity index (χ1n) is 11.3. The normalized spacial score (nSPS) is 14.7. The number of carbonyl (C=O) groups excluding carboxylic acids is 1. The van der Waals surface area contributed by atoms with Gasteiger partial charge in [-0.2, -0.15) is 4.31 Å². The Balaban J connectivity index is 1.35. The van der Waals surface area contributed by atoms with Crippen molar-refractivity contribution in [1.29, 1.82) is 0 Å². The molecule has 1 aliphatic heterocycles. The van der Waals surface area contributed by atoms with E-state index in [4.69, 9.17) is 17.0 Å². The maximum absolute atomic E-state index is 12.7. The van der Waals surface area contributed by atoms with Crippen LogP contribution in [0.4, 0.5) is 11.4 Å². The number of sulfonamides is 2. The second-order valence-electron chi connectivity index (χ2n) is 7.95. The van der Waals surface area contributed by atoms with E-state index in [2.05, 4.69) is 15.4 Å². The number of nitrogens with zero attached hydrogens (tertiary/aromatic N) is 1. The molecule has 0 atom stereocenters. The third-order valence-corrected chi connectivity index (χ3v) is 10.2. The van der Waals surface area contributed by atoms with Gasteiger partial charge in [0, 0.05) is 19.2 Å². The first-order valence-corrected chi connectivity index (χ1v) is 15.5. The molecule has 1 amide bonds. The van der Waals surface area contributed by atoms with Gasteiger partial charge in [0.15, 0.2) is 5.11 Å². The highest BCUT2D eigenvalue weighted by atomic mass is 32.2. The molecule has 200 valence electrons. The van der Waals surface area contributed by atoms with Crippen molar-refractivity contribution in [3.63, 3.8) is 0 Å². The van der Waals surface area contributed by atoms with Gasteiger partial charge >= 0.3 is 0 Å². The zero-order valence-corrected chi connectivity index (χ0v) is 23.1. The molecular weight excluding hydrogens is 569 g/mol. The number of hydrogen-bond donors (Lipinski definition) is 3. The summed E-state index contributed by atoms with van der Waals surface area (Å²) in [5, 5.41) is 6.96. The fourth-order valence-corrected chi connectivity index (χ4v) is 7.15. The molecule has 3 N–H and O–H groups in total. The molecule has 2 aromatic carbocycles. The van der Waals surface area contributed by atoms with Crippen molar-refractivity contribution in [1.82, 2.24) is 9.62 Å². The molecule has 1 saturated heterocycles. The van der Waals surface area contributed by atoms with E-state index in [1.165, 1.54) is 34.7 Å². The van der Waals surface area contributed by atoms with Crippen LogP contribution in [0.15, 0.2) is 81.2 Å². The molecule has 1 aromatic heterocycles. The molecule has 2 heterocycles. The Morgan fingerprint density at radius 1 is 0.947 bits per heavy atom. The van der Waals surface area contributed by atoms with Crippen LogP contribution in [0.5, 0.6) is 0 Å². The average molecular weight is 593 g/mol. The number of carbonyl (C=O) groups is 1. The second-order valence-corrected chi connectivity index (χ2v) is 13.1. The number of benzene rings is 2. The van der Waals surface area contributed by atoms with Gasteiger partial charge in [0.1, 0.15) is 4.21 Å². The summed E-state index contributed by atoms with van der Waals surface area (Å²) >= 11 is 6.30. The average Bonchev–Trinajstić information content (AvgIpc) is 3.46. The molecule has 0 aliphatic carbocycles. The molecule has 3 aromatic rings. The number of thiophene rings is 1. The minimum atomic E-state index is -3.77. The smallest absolute Gasteiger partial charge is 0.271 e. The largest absolute Gasteiger partial charge is 0.379 e. The van der Waals surface area contributed by atoms with Crippen LogP contribution in [0, 0.1) is 0 Å². The predicted molar refractivity (Wildman–Crippen MR) is 151 cm³/mol. The minimum Gasteiger partial charge on any atom is -0.379 e. The Hall–Kier alpha value is -3.14. The van der Waals surface area contributed by atoms with Crippen LogP contribution >= 0.6 is 23.6 Å². The number of ether oxygens (including phenoxy) is 1. The van der Waals surface area contributed by atoms with Crippen LogP contribution < -0.4 is 15.4 Å². The first-order chi connectivity index (χ1) is 18.1. The van der Waals surface area contributed by atoms with E-state index in [0.717, 1.165) is 11.3 Å². The van der Waals surface area contributed by atoms with E-state index in [1.807, 2.05) is 0 Å². The van der Waals surface area contributed by atoms with Crippen molar-refractivity contribution in [2.24, 2.45) is 0 Å². The number of rotatable bonds is 8. The molecule has 0 radical (unpaired) electrons. The summed E-state index contributed by atoms with van der Waals surface area (Å²) in [6.45, 7) is 1.34. The molecule has 1 fully saturated rings. The van der Waals surface area contributed by atoms with Crippen LogP contribution in [0.2, 0.25) is 0 Å². The molecule has 0 saturated carbocycles. The number of morpholine rings is 1. The van der Waals surface area contributed by atoms with Crippen LogP contribution in [0.25, 0.3) is 6.08 Å². The second kappa shape index (κ2) is 12.1. The topological polar surface area (TPSA) is 134 Å². The summed E-state index contributed by atoms with van der Waals surface area (Å²) in [5.41, 5.74) is 1.24. The monoisotopic (exact) mass is 592 g/mol. The fraction of sp³-hybridized carbons (Fsp3) is 0.167. The Kier molecular flexibility index (Phi) is 8.91. The highest BCUT2D eigenvalue weighted by Crippen LogP contribution is 2.26. The number of hydrogen-bond acceptors (Lipinski definition) is 8. The van der Waals surface area contributed by atoms with E-state index in [9.17, 15) is 21.6 Å². The van der Waals surface area contributed by atoms with Gasteiger partial charge in [0.25, 0.3) is 10.0 Å². The lowest BCUT2D eigenvalue weighted by Crippen LogP contribution is -2.40. The Morgan fingerprint density at radius 2 is 1.63 bits per heavy atom. The van der Waals surface area contributed by atoms with Crippen molar-refractivity contribution in [3.05, 3.63) is 77.7 Å². The van der Waals surface area contributed by atoms with Crippen molar-refractivity contribution >= 4 is 72.1 Å². The lowest BCUT2D eigenvalue weighted by Gasteiger charge is -2.26. The van der Waals surface area contributed by atoms with Crippen molar-refractivity contribution in [2.45, 2.75) is 9.10 Å². The van der Waals surface area contributed by atoms with E-state index in [1.54, 1.807) is 47.8 Å². The van der Waals surface area contributed by atoms with Gasteiger partial charge in [0.05, 0.1) is 29.5 Å². The van der Waals surface area contributed by atoms with E-state index >= 15 is 0 Å². The SMILES string of the molecule is O=C(/C=C/c1ccc(S(=O)(=O)N2CCOCC2)cc1)NC(=S)Nc1ccccc1NS(=O)(=O)c1cccs1. The Morgan fingerprint density at radius 3 is 2.29 bits per heavy atom. The highest BCUT2D eigenvalue weighted by molar-refractivity contribution is 7.94. The quantitative estimate of drug-likeness (QED) is 0.269. The van der Waals surface area contributed by atoms with Gasteiger partial charge in [0.2, 0.25) is 15.9 Å². The Labute approximate surface area is 230 Å².